The highest BCUT2D eigenvalue weighted by Gasteiger charge is 2.32. The van der Waals surface area contributed by atoms with Crippen molar-refractivity contribution in [2.24, 2.45) is 0 Å². The van der Waals surface area contributed by atoms with E-state index in [0.29, 0.717) is 11.4 Å². The van der Waals surface area contributed by atoms with E-state index in [1.807, 2.05) is 35.1 Å². The third-order valence-corrected chi connectivity index (χ3v) is 5.22. The summed E-state index contributed by atoms with van der Waals surface area (Å²) in [6, 6.07) is 13.2. The summed E-state index contributed by atoms with van der Waals surface area (Å²) in [5, 5.41) is 8.02. The number of alkyl halides is 3. The van der Waals surface area contributed by atoms with E-state index >= 15 is 0 Å². The van der Waals surface area contributed by atoms with Crippen LogP contribution in [0.5, 0.6) is 5.75 Å². The monoisotopic (exact) mass is 468 g/mol. The van der Waals surface area contributed by atoms with Crippen molar-refractivity contribution in [2.45, 2.75) is 38.6 Å². The van der Waals surface area contributed by atoms with Crippen molar-refractivity contribution >= 4 is 12.2 Å². The van der Waals surface area contributed by atoms with Gasteiger partial charge in [-0.05, 0) is 41.8 Å². The molecule has 0 saturated carbocycles. The van der Waals surface area contributed by atoms with Crippen molar-refractivity contribution in [1.82, 2.24) is 20.0 Å². The summed E-state index contributed by atoms with van der Waals surface area (Å²) in [5.74, 6) is 0.859. The van der Waals surface area contributed by atoms with Crippen molar-refractivity contribution < 1.29 is 22.3 Å². The maximum atomic E-state index is 13.1. The number of hydrogen-bond donors (Lipinski definition) is 0. The maximum Gasteiger partial charge on any atom is 0.416 e. The van der Waals surface area contributed by atoms with Gasteiger partial charge in [-0.3, -0.25) is 0 Å². The number of halogens is 3. The molecule has 1 unspecified atom stereocenters. The van der Waals surface area contributed by atoms with Gasteiger partial charge in [-0.25, -0.2) is 9.67 Å². The minimum absolute atomic E-state index is 0.0401. The Balaban J connectivity index is 1.38. The summed E-state index contributed by atoms with van der Waals surface area (Å²) in [5.41, 5.74) is 0.958. The average Bonchev–Trinajstić information content (AvgIpc) is 3.52. The molecule has 0 spiro atoms. The second-order valence-electron chi connectivity index (χ2n) is 7.64. The Hall–Kier alpha value is -3.88. The van der Waals surface area contributed by atoms with E-state index in [2.05, 4.69) is 22.2 Å². The quantitative estimate of drug-likeness (QED) is 0.283. The van der Waals surface area contributed by atoms with Gasteiger partial charge in [0.2, 0.25) is 5.89 Å². The van der Waals surface area contributed by atoms with Crippen LogP contribution in [-0.4, -0.2) is 20.0 Å². The summed E-state index contributed by atoms with van der Waals surface area (Å²) in [6.07, 6.45) is 5.18. The number of oxazole rings is 1. The zero-order valence-corrected chi connectivity index (χ0v) is 18.4. The van der Waals surface area contributed by atoms with E-state index in [0.717, 1.165) is 24.5 Å². The number of ether oxygens (including phenoxy) is 1. The molecular weight excluding hydrogens is 445 g/mol. The zero-order valence-electron chi connectivity index (χ0n) is 18.4. The first-order valence-corrected chi connectivity index (χ1v) is 10.8. The summed E-state index contributed by atoms with van der Waals surface area (Å²) in [6.45, 7) is 2.29. The molecule has 0 fully saturated rings. The fraction of sp³-hybridized carbons (Fsp3) is 0.240. The van der Waals surface area contributed by atoms with Gasteiger partial charge in [-0.15, -0.1) is 5.10 Å². The van der Waals surface area contributed by atoms with E-state index in [4.69, 9.17) is 9.15 Å². The number of rotatable bonds is 9. The number of aromatic nitrogens is 4. The zero-order chi connectivity index (χ0) is 24.0. The highest BCUT2D eigenvalue weighted by Crippen LogP contribution is 2.32. The molecule has 34 heavy (non-hydrogen) atoms. The van der Waals surface area contributed by atoms with Crippen LogP contribution in [-0.2, 0) is 12.8 Å². The van der Waals surface area contributed by atoms with Gasteiger partial charge in [0.05, 0.1) is 17.8 Å². The van der Waals surface area contributed by atoms with Crippen molar-refractivity contribution in [3.05, 3.63) is 95.5 Å². The van der Waals surface area contributed by atoms with Crippen molar-refractivity contribution in [2.75, 3.05) is 0 Å². The van der Waals surface area contributed by atoms with E-state index < -0.39 is 11.7 Å². The molecule has 2 aromatic heterocycles. The van der Waals surface area contributed by atoms with Crippen LogP contribution in [0.4, 0.5) is 13.2 Å². The fourth-order valence-electron chi connectivity index (χ4n) is 3.58. The Bertz CT molecular complexity index is 1220. The molecule has 1 atom stereocenters. The van der Waals surface area contributed by atoms with Gasteiger partial charge in [-0.2, -0.15) is 13.2 Å². The predicted molar refractivity (Wildman–Crippen MR) is 121 cm³/mol. The molecule has 6 nitrogen and oxygen atoms in total. The minimum atomic E-state index is -4.43. The summed E-state index contributed by atoms with van der Waals surface area (Å²) >= 11 is 0. The number of hydrogen-bond acceptors (Lipinski definition) is 5. The SMILES string of the molecule is CCCC(c1ccc(OCc2coc(C=Cc3ccccc3C(F)(F)F)n2)cc1)n1ccnn1. The highest BCUT2D eigenvalue weighted by atomic mass is 19.4. The second kappa shape index (κ2) is 10.4. The molecule has 0 aliphatic rings. The lowest BCUT2D eigenvalue weighted by atomic mass is 10.0. The van der Waals surface area contributed by atoms with E-state index in [1.165, 1.54) is 30.5 Å². The first-order chi connectivity index (χ1) is 16.4. The van der Waals surface area contributed by atoms with Crippen LogP contribution in [0, 0.1) is 0 Å². The lowest BCUT2D eigenvalue weighted by Crippen LogP contribution is -2.11. The van der Waals surface area contributed by atoms with Gasteiger partial charge in [0, 0.05) is 12.3 Å². The lowest BCUT2D eigenvalue weighted by Gasteiger charge is -2.17. The Morgan fingerprint density at radius 3 is 2.59 bits per heavy atom. The average molecular weight is 468 g/mol. The lowest BCUT2D eigenvalue weighted by molar-refractivity contribution is -0.137. The highest BCUT2D eigenvalue weighted by molar-refractivity contribution is 5.68. The molecule has 0 bridgehead atoms. The second-order valence-corrected chi connectivity index (χ2v) is 7.64. The van der Waals surface area contributed by atoms with E-state index in [9.17, 15) is 13.2 Å². The number of nitrogens with zero attached hydrogens (tertiary/aromatic N) is 4. The third kappa shape index (κ3) is 5.72. The van der Waals surface area contributed by atoms with Crippen LogP contribution in [0.25, 0.3) is 12.2 Å². The normalized spacial score (nSPS) is 12.8. The number of benzene rings is 2. The molecule has 2 heterocycles. The van der Waals surface area contributed by atoms with Crippen LogP contribution < -0.4 is 4.74 Å². The largest absolute Gasteiger partial charge is 0.487 e. The van der Waals surface area contributed by atoms with Crippen LogP contribution in [0.2, 0.25) is 0 Å². The molecule has 0 amide bonds. The molecule has 0 aliphatic carbocycles. The summed E-state index contributed by atoms with van der Waals surface area (Å²) in [7, 11) is 0. The Labute approximate surface area is 194 Å². The molecule has 2 aromatic carbocycles. The van der Waals surface area contributed by atoms with Gasteiger partial charge in [-0.1, -0.05) is 48.9 Å². The van der Waals surface area contributed by atoms with E-state index in [1.54, 1.807) is 12.3 Å². The van der Waals surface area contributed by atoms with Crippen molar-refractivity contribution in [3.8, 4) is 5.75 Å². The molecule has 176 valence electrons. The molecule has 0 N–H and O–H groups in total. The van der Waals surface area contributed by atoms with Gasteiger partial charge in [0.1, 0.15) is 24.3 Å². The molecule has 0 aliphatic heterocycles. The van der Waals surface area contributed by atoms with Crippen LogP contribution in [0.15, 0.2) is 71.6 Å². The first-order valence-electron chi connectivity index (χ1n) is 10.8. The molecule has 4 rings (SSSR count). The van der Waals surface area contributed by atoms with Gasteiger partial charge in [0.15, 0.2) is 0 Å². The van der Waals surface area contributed by atoms with Gasteiger partial charge in [0.25, 0.3) is 0 Å². The maximum absolute atomic E-state index is 13.1. The van der Waals surface area contributed by atoms with E-state index in [-0.39, 0.29) is 24.1 Å². The topological polar surface area (TPSA) is 66.0 Å². The molecule has 0 radical (unpaired) electrons. The smallest absolute Gasteiger partial charge is 0.416 e. The van der Waals surface area contributed by atoms with Crippen molar-refractivity contribution in [3.63, 3.8) is 0 Å². The molecule has 0 saturated heterocycles. The third-order valence-electron chi connectivity index (χ3n) is 5.22. The summed E-state index contributed by atoms with van der Waals surface area (Å²) < 4.78 is 52.3. The molecule has 4 aromatic rings. The standard InChI is InChI=1S/C25H23F3N4O2/c1-2-5-23(32-15-14-29-31-32)19-8-11-21(12-9-19)33-16-20-17-34-24(30-20)13-10-18-6-3-4-7-22(18)25(26,27)28/h3-4,6-15,17,23H,2,5,16H2,1H3. The van der Waals surface area contributed by atoms with Crippen LogP contribution in [0.1, 0.15) is 54.1 Å². The Kier molecular flexibility index (Phi) is 7.10. The fourth-order valence-corrected chi connectivity index (χ4v) is 3.58. The van der Waals surface area contributed by atoms with Crippen molar-refractivity contribution in [1.29, 1.82) is 0 Å². The van der Waals surface area contributed by atoms with Crippen LogP contribution >= 0.6 is 0 Å². The molecular formula is C25H23F3N4O2. The van der Waals surface area contributed by atoms with Gasteiger partial charge < -0.3 is 9.15 Å². The predicted octanol–water partition coefficient (Wildman–Crippen LogP) is 6.42. The summed E-state index contributed by atoms with van der Waals surface area (Å²) in [4.78, 5) is 4.26. The Morgan fingerprint density at radius 2 is 1.88 bits per heavy atom. The van der Waals surface area contributed by atoms with Crippen LogP contribution in [0.3, 0.4) is 0 Å². The first kappa shape index (κ1) is 23.3. The minimum Gasteiger partial charge on any atom is -0.487 e. The Morgan fingerprint density at radius 1 is 1.09 bits per heavy atom. The molecule has 9 heteroatoms. The van der Waals surface area contributed by atoms with Gasteiger partial charge >= 0.3 is 6.18 Å².